The van der Waals surface area contributed by atoms with Gasteiger partial charge in [0.1, 0.15) is 11.6 Å². The smallest absolute Gasteiger partial charge is 0.475 e. The number of nitrogens with one attached hydrogen (secondary N) is 1. The molecule has 2 aromatic heterocycles. The van der Waals surface area contributed by atoms with Gasteiger partial charge in [-0.1, -0.05) is 24.3 Å². The number of carbonyl (C=O) groups is 1. The first-order valence-electron chi connectivity index (χ1n) is 11.2. The van der Waals surface area contributed by atoms with E-state index in [1.54, 1.807) is 17.4 Å². The number of thiophene rings is 1. The van der Waals surface area contributed by atoms with Gasteiger partial charge in [-0.3, -0.25) is 4.90 Å². The number of imidazole rings is 1. The fraction of sp³-hybridized carbons (Fsp3) is 0.280. The van der Waals surface area contributed by atoms with E-state index in [2.05, 4.69) is 51.3 Å². The normalized spacial score (nSPS) is 16.5. The van der Waals surface area contributed by atoms with Crippen LogP contribution < -0.4 is 5.73 Å². The van der Waals surface area contributed by atoms with Gasteiger partial charge in [-0.2, -0.15) is 13.2 Å². The second kappa shape index (κ2) is 10.8. The minimum absolute atomic E-state index is 0.258. The van der Waals surface area contributed by atoms with Gasteiger partial charge in [-0.25, -0.2) is 14.2 Å². The Kier molecular flexibility index (Phi) is 7.72. The number of aliphatic carboxylic acids is 1. The molecule has 190 valence electrons. The Hall–Kier alpha value is -3.28. The Bertz CT molecular complexity index is 1330. The van der Waals surface area contributed by atoms with E-state index in [0.29, 0.717) is 6.04 Å². The van der Waals surface area contributed by atoms with Crippen molar-refractivity contribution >= 4 is 28.3 Å². The van der Waals surface area contributed by atoms with Crippen molar-refractivity contribution in [3.8, 4) is 21.1 Å². The predicted molar refractivity (Wildman–Crippen MR) is 131 cm³/mol. The molecule has 0 aliphatic carbocycles. The summed E-state index contributed by atoms with van der Waals surface area (Å²) in [6, 6.07) is 17.9. The van der Waals surface area contributed by atoms with Crippen LogP contribution in [0, 0.1) is 5.82 Å². The summed E-state index contributed by atoms with van der Waals surface area (Å²) in [4.78, 5) is 21.4. The maximum atomic E-state index is 13.4. The Morgan fingerprint density at radius 1 is 1.14 bits per heavy atom. The molecule has 0 bridgehead atoms. The fourth-order valence-corrected chi connectivity index (χ4v) is 4.94. The summed E-state index contributed by atoms with van der Waals surface area (Å²) in [6.45, 7) is 3.07. The average Bonchev–Trinajstić information content (AvgIpc) is 3.46. The van der Waals surface area contributed by atoms with E-state index in [0.717, 1.165) is 47.8 Å². The van der Waals surface area contributed by atoms with E-state index in [4.69, 9.17) is 15.6 Å². The van der Waals surface area contributed by atoms with Crippen LogP contribution in [0.4, 0.5) is 17.6 Å². The number of carboxylic acid groups (broad SMARTS) is 1. The van der Waals surface area contributed by atoms with E-state index >= 15 is 0 Å². The van der Waals surface area contributed by atoms with Gasteiger partial charge >= 0.3 is 12.1 Å². The van der Waals surface area contributed by atoms with Crippen molar-refractivity contribution < 1.29 is 27.5 Å². The molecule has 11 heteroatoms. The maximum Gasteiger partial charge on any atom is 0.490 e. The van der Waals surface area contributed by atoms with Gasteiger partial charge < -0.3 is 15.8 Å². The molecule has 6 nitrogen and oxygen atoms in total. The highest BCUT2D eigenvalue weighted by Gasteiger charge is 2.38. The molecule has 2 aromatic carbocycles. The van der Waals surface area contributed by atoms with Crippen LogP contribution in [0.5, 0.6) is 0 Å². The highest BCUT2D eigenvalue weighted by atomic mass is 32.1. The van der Waals surface area contributed by atoms with Crippen LogP contribution in [0.1, 0.15) is 18.4 Å². The summed E-state index contributed by atoms with van der Waals surface area (Å²) in [5.41, 5.74) is 10.1. The molecular formula is C25H24F4N4O2S. The molecule has 5 rings (SSSR count). The average molecular weight is 521 g/mol. The number of likely N-dealkylation sites (tertiary alicyclic amines) is 1. The first-order valence-corrected chi connectivity index (χ1v) is 12.0. The number of alkyl halides is 3. The molecule has 3 heterocycles. The third-order valence-corrected chi connectivity index (χ3v) is 6.85. The number of aromatic nitrogens is 2. The van der Waals surface area contributed by atoms with Gasteiger partial charge in [0.25, 0.3) is 0 Å². The molecule has 36 heavy (non-hydrogen) atoms. The van der Waals surface area contributed by atoms with Crippen LogP contribution in [-0.2, 0) is 11.3 Å². The van der Waals surface area contributed by atoms with Gasteiger partial charge in [0.05, 0.1) is 15.9 Å². The number of rotatable bonds is 4. The van der Waals surface area contributed by atoms with Crippen molar-refractivity contribution in [2.24, 2.45) is 5.73 Å². The molecule has 0 saturated carbocycles. The molecule has 1 unspecified atom stereocenters. The van der Waals surface area contributed by atoms with Crippen molar-refractivity contribution in [3.63, 3.8) is 0 Å². The molecule has 1 fully saturated rings. The van der Waals surface area contributed by atoms with Crippen LogP contribution >= 0.6 is 11.3 Å². The van der Waals surface area contributed by atoms with E-state index in [-0.39, 0.29) is 5.82 Å². The van der Waals surface area contributed by atoms with E-state index in [1.165, 1.54) is 34.6 Å². The zero-order valence-corrected chi connectivity index (χ0v) is 19.9. The number of piperidine rings is 1. The topological polar surface area (TPSA) is 95.2 Å². The molecule has 1 aliphatic rings. The SMILES string of the molecule is NC1CCCN(Cc2ccc(-c3ccc(-c4nc5ccc(F)cc5[nH]4)s3)cc2)C1.O=C(O)C(F)(F)F. The number of halogens is 4. The lowest BCUT2D eigenvalue weighted by Gasteiger charge is -2.30. The first kappa shape index (κ1) is 25.8. The monoisotopic (exact) mass is 520 g/mol. The van der Waals surface area contributed by atoms with Crippen molar-refractivity contribution in [2.45, 2.75) is 31.6 Å². The van der Waals surface area contributed by atoms with Crippen LogP contribution in [0.25, 0.3) is 32.2 Å². The molecule has 4 aromatic rings. The number of nitrogens with zero attached hydrogens (tertiary/aromatic N) is 2. The van der Waals surface area contributed by atoms with Gasteiger partial charge in [-0.15, -0.1) is 11.3 Å². The summed E-state index contributed by atoms with van der Waals surface area (Å²) >= 11 is 1.69. The maximum absolute atomic E-state index is 13.4. The number of benzene rings is 2. The molecule has 1 atom stereocenters. The van der Waals surface area contributed by atoms with Crippen molar-refractivity contribution in [1.82, 2.24) is 14.9 Å². The Labute approximate surface area is 208 Å². The zero-order chi connectivity index (χ0) is 25.9. The number of H-pyrrole nitrogens is 1. The van der Waals surface area contributed by atoms with Crippen molar-refractivity contribution in [2.75, 3.05) is 13.1 Å². The Morgan fingerprint density at radius 3 is 2.50 bits per heavy atom. The van der Waals surface area contributed by atoms with Crippen LogP contribution in [-0.4, -0.2) is 51.3 Å². The third kappa shape index (κ3) is 6.48. The Morgan fingerprint density at radius 2 is 1.83 bits per heavy atom. The lowest BCUT2D eigenvalue weighted by molar-refractivity contribution is -0.192. The van der Waals surface area contributed by atoms with Crippen LogP contribution in [0.15, 0.2) is 54.6 Å². The summed E-state index contributed by atoms with van der Waals surface area (Å²) in [7, 11) is 0. The number of fused-ring (bicyclic) bond motifs is 1. The lowest BCUT2D eigenvalue weighted by atomic mass is 10.0. The number of nitrogens with two attached hydrogens (primary N) is 1. The number of carboxylic acids is 1. The molecule has 0 spiro atoms. The molecule has 4 N–H and O–H groups in total. The van der Waals surface area contributed by atoms with E-state index < -0.39 is 12.1 Å². The van der Waals surface area contributed by atoms with Gasteiger partial charge in [0, 0.05) is 24.0 Å². The Balaban J connectivity index is 0.000000384. The van der Waals surface area contributed by atoms with Crippen LogP contribution in [0.3, 0.4) is 0 Å². The predicted octanol–water partition coefficient (Wildman–Crippen LogP) is 5.65. The van der Waals surface area contributed by atoms with Crippen molar-refractivity contribution in [3.05, 3.63) is 66.0 Å². The summed E-state index contributed by atoms with van der Waals surface area (Å²) in [6.07, 6.45) is -2.76. The largest absolute Gasteiger partial charge is 0.490 e. The summed E-state index contributed by atoms with van der Waals surface area (Å²) in [5, 5.41) is 7.12. The fourth-order valence-electron chi connectivity index (χ4n) is 3.99. The standard InChI is InChI=1S/C23H23FN4S.C2HF3O2/c24-17-7-8-19-20(12-17)27-23(26-19)22-10-9-21(29-22)16-5-3-15(4-6-16)13-28-11-1-2-18(25)14-28;3-2(4,5)1(6)7/h3-10,12,18H,1-2,11,13-14,25H2,(H,26,27);(H,6,7). The minimum atomic E-state index is -5.08. The van der Waals surface area contributed by atoms with Crippen molar-refractivity contribution in [1.29, 1.82) is 0 Å². The van der Waals surface area contributed by atoms with Crippen LogP contribution in [0.2, 0.25) is 0 Å². The third-order valence-electron chi connectivity index (χ3n) is 5.71. The van der Waals surface area contributed by atoms with Gasteiger partial charge in [-0.05, 0) is 60.8 Å². The molecule has 0 amide bonds. The minimum Gasteiger partial charge on any atom is -0.475 e. The lowest BCUT2D eigenvalue weighted by Crippen LogP contribution is -2.42. The molecule has 1 saturated heterocycles. The molecular weight excluding hydrogens is 496 g/mol. The first-order chi connectivity index (χ1) is 17.1. The highest BCUT2D eigenvalue weighted by molar-refractivity contribution is 7.18. The number of hydrogen-bond acceptors (Lipinski definition) is 5. The van der Waals surface area contributed by atoms with E-state index in [9.17, 15) is 17.6 Å². The second-order valence-electron chi connectivity index (χ2n) is 8.55. The zero-order valence-electron chi connectivity index (χ0n) is 19.1. The number of hydrogen-bond donors (Lipinski definition) is 3. The van der Waals surface area contributed by atoms with Gasteiger partial charge in [0.15, 0.2) is 0 Å². The molecule has 0 radical (unpaired) electrons. The summed E-state index contributed by atoms with van der Waals surface area (Å²) in [5.74, 6) is -2.24. The van der Waals surface area contributed by atoms with Gasteiger partial charge in [0.2, 0.25) is 0 Å². The highest BCUT2D eigenvalue weighted by Crippen LogP contribution is 2.34. The summed E-state index contributed by atoms with van der Waals surface area (Å²) < 4.78 is 45.2. The molecule has 1 aliphatic heterocycles. The second-order valence-corrected chi connectivity index (χ2v) is 9.63. The number of aromatic amines is 1. The van der Waals surface area contributed by atoms with E-state index in [1.807, 2.05) is 0 Å². The quantitative estimate of drug-likeness (QED) is 0.302.